The maximum absolute atomic E-state index is 12.5. The first kappa shape index (κ1) is 21.3. The number of fused-ring (bicyclic) bond motifs is 3. The van der Waals surface area contributed by atoms with Crippen LogP contribution in [0.15, 0.2) is 48.5 Å². The first-order valence-corrected chi connectivity index (χ1v) is 11.1. The Morgan fingerprint density at radius 3 is 2.74 bits per heavy atom. The van der Waals surface area contributed by atoms with Crippen molar-refractivity contribution in [3.05, 3.63) is 59.7 Å². The molecule has 0 spiro atoms. The molecule has 1 amide bonds. The van der Waals surface area contributed by atoms with Crippen LogP contribution in [-0.4, -0.2) is 31.8 Å². The van der Waals surface area contributed by atoms with Gasteiger partial charge in [-0.05, 0) is 41.8 Å². The topological polar surface area (TPSA) is 50.8 Å². The Morgan fingerprint density at radius 1 is 1.16 bits per heavy atom. The van der Waals surface area contributed by atoms with Crippen molar-refractivity contribution in [1.82, 2.24) is 5.32 Å². The molecule has 1 N–H and O–H groups in total. The zero-order valence-electron chi connectivity index (χ0n) is 18.9. The number of carbonyl (C=O) groups is 1. The monoisotopic (exact) mass is 420 g/mol. The third-order valence-corrected chi connectivity index (χ3v) is 6.60. The molecule has 4 rings (SSSR count). The van der Waals surface area contributed by atoms with Gasteiger partial charge in [0, 0.05) is 24.1 Å². The lowest BCUT2D eigenvalue weighted by Gasteiger charge is -2.49. The van der Waals surface area contributed by atoms with Crippen LogP contribution in [-0.2, 0) is 10.2 Å². The van der Waals surface area contributed by atoms with E-state index in [0.29, 0.717) is 25.3 Å². The van der Waals surface area contributed by atoms with Gasteiger partial charge in [-0.1, -0.05) is 57.5 Å². The van der Waals surface area contributed by atoms with E-state index in [9.17, 15) is 4.79 Å². The highest BCUT2D eigenvalue weighted by molar-refractivity contribution is 5.84. The molecule has 1 saturated heterocycles. The lowest BCUT2D eigenvalue weighted by atomic mass is 9.74. The normalized spacial score (nSPS) is 21.5. The summed E-state index contributed by atoms with van der Waals surface area (Å²) >= 11 is 0. The largest absolute Gasteiger partial charge is 0.493 e. The number of nitrogens with one attached hydrogen (secondary N) is 1. The van der Waals surface area contributed by atoms with Gasteiger partial charge in [-0.25, -0.2) is 0 Å². The molecule has 0 aliphatic carbocycles. The number of hydrogen-bond acceptors (Lipinski definition) is 4. The van der Waals surface area contributed by atoms with E-state index in [4.69, 9.17) is 9.47 Å². The Labute approximate surface area is 185 Å². The van der Waals surface area contributed by atoms with Crippen LogP contribution in [0.25, 0.3) is 6.08 Å². The SMILES string of the molecule is CCCCOc1ccc(/C=C/[C@]23NC(=O)CCN2c2ccccc2C3(C)C)cc1OC. The minimum atomic E-state index is -0.616. The Balaban J connectivity index is 1.69. The Bertz CT molecular complexity index is 998. The van der Waals surface area contributed by atoms with E-state index < -0.39 is 5.66 Å². The van der Waals surface area contributed by atoms with Gasteiger partial charge in [-0.3, -0.25) is 4.79 Å². The second-order valence-corrected chi connectivity index (χ2v) is 8.80. The van der Waals surface area contributed by atoms with Crippen molar-refractivity contribution in [3.8, 4) is 11.5 Å². The van der Waals surface area contributed by atoms with E-state index in [1.807, 2.05) is 18.2 Å². The average Bonchev–Trinajstić information content (AvgIpc) is 2.97. The molecule has 31 heavy (non-hydrogen) atoms. The lowest BCUT2D eigenvalue weighted by Crippen LogP contribution is -2.68. The molecule has 164 valence electrons. The molecule has 5 nitrogen and oxygen atoms in total. The van der Waals surface area contributed by atoms with Crippen molar-refractivity contribution >= 4 is 17.7 Å². The van der Waals surface area contributed by atoms with Gasteiger partial charge in [0.2, 0.25) is 5.91 Å². The van der Waals surface area contributed by atoms with E-state index in [1.54, 1.807) is 7.11 Å². The van der Waals surface area contributed by atoms with Crippen molar-refractivity contribution < 1.29 is 14.3 Å². The van der Waals surface area contributed by atoms with Crippen LogP contribution in [0.4, 0.5) is 5.69 Å². The summed E-state index contributed by atoms with van der Waals surface area (Å²) in [4.78, 5) is 14.9. The zero-order valence-corrected chi connectivity index (χ0v) is 18.9. The van der Waals surface area contributed by atoms with Gasteiger partial charge in [0.1, 0.15) is 5.66 Å². The Kier molecular flexibility index (Phi) is 5.69. The number of amides is 1. The highest BCUT2D eigenvalue weighted by atomic mass is 16.5. The van der Waals surface area contributed by atoms with E-state index in [1.165, 1.54) is 11.3 Å². The summed E-state index contributed by atoms with van der Waals surface area (Å²) < 4.78 is 11.4. The predicted molar refractivity (Wildman–Crippen MR) is 125 cm³/mol. The molecule has 0 bridgehead atoms. The summed E-state index contributed by atoms with van der Waals surface area (Å²) in [7, 11) is 1.66. The third-order valence-electron chi connectivity index (χ3n) is 6.60. The minimum Gasteiger partial charge on any atom is -0.493 e. The Hall–Kier alpha value is -2.95. The van der Waals surface area contributed by atoms with Gasteiger partial charge < -0.3 is 19.7 Å². The number of methoxy groups -OCH3 is 1. The standard InChI is InChI=1S/C26H32N2O3/c1-5-6-17-31-22-12-11-19(18-23(22)30-4)13-15-26-25(2,3)20-9-7-8-10-21(20)28(26)16-14-24(29)27-26/h7-13,15,18H,5-6,14,16-17H2,1-4H3,(H,27,29)/b15-13+/t26-/m0/s1. The summed E-state index contributed by atoms with van der Waals surface area (Å²) in [5, 5.41) is 3.32. The lowest BCUT2D eigenvalue weighted by molar-refractivity contribution is -0.124. The van der Waals surface area contributed by atoms with E-state index in [2.05, 4.69) is 67.4 Å². The molecule has 2 aliphatic rings. The van der Waals surface area contributed by atoms with Crippen molar-refractivity contribution in [3.63, 3.8) is 0 Å². The maximum atomic E-state index is 12.5. The van der Waals surface area contributed by atoms with Gasteiger partial charge in [0.05, 0.1) is 13.7 Å². The quantitative estimate of drug-likeness (QED) is 0.647. The van der Waals surface area contributed by atoms with Crippen LogP contribution in [0.2, 0.25) is 0 Å². The van der Waals surface area contributed by atoms with E-state index in [-0.39, 0.29) is 11.3 Å². The molecule has 1 fully saturated rings. The number of rotatable bonds is 7. The molecule has 0 unspecified atom stereocenters. The summed E-state index contributed by atoms with van der Waals surface area (Å²) in [6, 6.07) is 14.4. The maximum Gasteiger partial charge on any atom is 0.223 e. The van der Waals surface area contributed by atoms with Crippen LogP contribution in [0, 0.1) is 0 Å². The predicted octanol–water partition coefficient (Wildman–Crippen LogP) is 4.90. The second kappa shape index (κ2) is 8.29. The number of carbonyl (C=O) groups excluding carboxylic acids is 1. The van der Waals surface area contributed by atoms with Gasteiger partial charge in [-0.2, -0.15) is 0 Å². The Morgan fingerprint density at radius 2 is 1.97 bits per heavy atom. The molecular weight excluding hydrogens is 388 g/mol. The number of unbranched alkanes of at least 4 members (excludes halogenated alkanes) is 1. The van der Waals surface area contributed by atoms with Crippen LogP contribution in [0.1, 0.15) is 51.2 Å². The van der Waals surface area contributed by atoms with Crippen molar-refractivity contribution in [2.45, 2.75) is 51.1 Å². The number of anilines is 1. The molecule has 2 heterocycles. The molecule has 5 heteroatoms. The molecule has 0 saturated carbocycles. The molecule has 0 aromatic heterocycles. The molecule has 2 aromatic carbocycles. The number of para-hydroxylation sites is 1. The fraction of sp³-hybridized carbons (Fsp3) is 0.423. The molecule has 2 aliphatic heterocycles. The van der Waals surface area contributed by atoms with Crippen LogP contribution >= 0.6 is 0 Å². The summed E-state index contributed by atoms with van der Waals surface area (Å²) in [6.45, 7) is 7.92. The van der Waals surface area contributed by atoms with Crippen LogP contribution < -0.4 is 19.7 Å². The molecule has 2 aromatic rings. The van der Waals surface area contributed by atoms with Gasteiger partial charge in [-0.15, -0.1) is 0 Å². The summed E-state index contributed by atoms with van der Waals surface area (Å²) in [6.07, 6.45) is 6.81. The van der Waals surface area contributed by atoms with Crippen molar-refractivity contribution in [2.75, 3.05) is 25.2 Å². The summed E-state index contributed by atoms with van der Waals surface area (Å²) in [5.74, 6) is 1.56. The highest BCUT2D eigenvalue weighted by Gasteiger charge is 2.57. The third kappa shape index (κ3) is 3.56. The number of ether oxygens (including phenoxy) is 2. The number of nitrogens with zero attached hydrogens (tertiary/aromatic N) is 1. The van der Waals surface area contributed by atoms with Gasteiger partial charge in [0.25, 0.3) is 0 Å². The minimum absolute atomic E-state index is 0.0824. The fourth-order valence-corrected chi connectivity index (χ4v) is 4.77. The van der Waals surface area contributed by atoms with Crippen molar-refractivity contribution in [2.24, 2.45) is 0 Å². The van der Waals surface area contributed by atoms with Crippen LogP contribution in [0.3, 0.4) is 0 Å². The fourth-order valence-electron chi connectivity index (χ4n) is 4.77. The first-order chi connectivity index (χ1) is 14.9. The van der Waals surface area contributed by atoms with E-state index in [0.717, 1.165) is 24.2 Å². The van der Waals surface area contributed by atoms with E-state index >= 15 is 0 Å². The van der Waals surface area contributed by atoms with Crippen molar-refractivity contribution in [1.29, 1.82) is 0 Å². The smallest absolute Gasteiger partial charge is 0.223 e. The number of hydrogen-bond donors (Lipinski definition) is 1. The number of benzene rings is 2. The first-order valence-electron chi connectivity index (χ1n) is 11.1. The van der Waals surface area contributed by atoms with Gasteiger partial charge in [0.15, 0.2) is 11.5 Å². The van der Waals surface area contributed by atoms with Crippen LogP contribution in [0.5, 0.6) is 11.5 Å². The molecule has 0 radical (unpaired) electrons. The second-order valence-electron chi connectivity index (χ2n) is 8.80. The van der Waals surface area contributed by atoms with Gasteiger partial charge >= 0.3 is 0 Å². The molecular formula is C26H32N2O3. The zero-order chi connectivity index (χ0) is 22.1. The average molecular weight is 421 g/mol. The summed E-state index contributed by atoms with van der Waals surface area (Å²) in [5.41, 5.74) is 2.54. The highest BCUT2D eigenvalue weighted by Crippen LogP contribution is 2.52. The molecule has 1 atom stereocenters.